The lowest BCUT2D eigenvalue weighted by molar-refractivity contribution is 0.198. The number of carbonyl (C=O) groups is 1. The predicted octanol–water partition coefficient (Wildman–Crippen LogP) is 3.21. The van der Waals surface area contributed by atoms with Crippen LogP contribution in [0.2, 0.25) is 0 Å². The quantitative estimate of drug-likeness (QED) is 0.687. The number of imidazole rings is 1. The summed E-state index contributed by atoms with van der Waals surface area (Å²) in [5, 5.41) is 12.0. The highest BCUT2D eigenvalue weighted by atomic mass is 19.1. The van der Waals surface area contributed by atoms with E-state index in [2.05, 4.69) is 15.3 Å². The topological polar surface area (TPSA) is 87.2 Å². The second kappa shape index (κ2) is 6.82. The van der Waals surface area contributed by atoms with Gasteiger partial charge in [0.05, 0.1) is 6.20 Å². The van der Waals surface area contributed by atoms with E-state index in [1.807, 2.05) is 0 Å². The van der Waals surface area contributed by atoms with Crippen LogP contribution in [0.25, 0.3) is 11.4 Å². The highest BCUT2D eigenvalue weighted by molar-refractivity contribution is 5.70. The van der Waals surface area contributed by atoms with Crippen molar-refractivity contribution in [2.75, 3.05) is 0 Å². The number of aromatic hydroxyl groups is 1. The van der Waals surface area contributed by atoms with Gasteiger partial charge in [0.15, 0.2) is 0 Å². The Morgan fingerprint density at radius 2 is 2.08 bits per heavy atom. The molecule has 0 aliphatic carbocycles. The van der Waals surface area contributed by atoms with Crippen LogP contribution in [0.5, 0.6) is 11.6 Å². The van der Waals surface area contributed by atoms with Gasteiger partial charge in [0.2, 0.25) is 5.88 Å². The SMILES string of the molecule is O=C(NCc1cccc(F)c1)Oc1cnc(-c2cccc(O)c2)[nH]1. The number of halogens is 1. The number of nitrogens with zero attached hydrogens (tertiary/aromatic N) is 1. The molecule has 0 saturated carbocycles. The second-order valence-electron chi connectivity index (χ2n) is 5.02. The monoisotopic (exact) mass is 327 g/mol. The van der Waals surface area contributed by atoms with Gasteiger partial charge in [-0.2, -0.15) is 0 Å². The third kappa shape index (κ3) is 3.89. The van der Waals surface area contributed by atoms with E-state index in [-0.39, 0.29) is 24.0 Å². The summed E-state index contributed by atoms with van der Waals surface area (Å²) in [7, 11) is 0. The van der Waals surface area contributed by atoms with Gasteiger partial charge in [0, 0.05) is 12.1 Å². The largest absolute Gasteiger partial charge is 0.508 e. The number of ether oxygens (including phenoxy) is 1. The lowest BCUT2D eigenvalue weighted by Gasteiger charge is -2.05. The van der Waals surface area contributed by atoms with Crippen LogP contribution in [-0.2, 0) is 6.54 Å². The Labute approximate surface area is 136 Å². The molecule has 122 valence electrons. The van der Waals surface area contributed by atoms with Crippen molar-refractivity contribution in [3.8, 4) is 23.0 Å². The van der Waals surface area contributed by atoms with Gasteiger partial charge in [-0.05, 0) is 29.8 Å². The first-order chi connectivity index (χ1) is 11.6. The molecule has 0 unspecified atom stereocenters. The minimum absolute atomic E-state index is 0.110. The number of nitrogens with one attached hydrogen (secondary N) is 2. The summed E-state index contributed by atoms with van der Waals surface area (Å²) in [6.07, 6.45) is 0.673. The number of hydrogen-bond acceptors (Lipinski definition) is 4. The summed E-state index contributed by atoms with van der Waals surface area (Å²) < 4.78 is 18.1. The molecule has 0 fully saturated rings. The van der Waals surface area contributed by atoms with Crippen LogP contribution in [-0.4, -0.2) is 21.2 Å². The molecular weight excluding hydrogens is 313 g/mol. The van der Waals surface area contributed by atoms with Crippen LogP contribution < -0.4 is 10.1 Å². The van der Waals surface area contributed by atoms with Crippen molar-refractivity contribution in [1.82, 2.24) is 15.3 Å². The van der Waals surface area contributed by atoms with E-state index >= 15 is 0 Å². The molecule has 0 atom stereocenters. The maximum absolute atomic E-state index is 13.1. The molecule has 3 N–H and O–H groups in total. The van der Waals surface area contributed by atoms with Crippen LogP contribution in [0.1, 0.15) is 5.56 Å². The first-order valence-corrected chi connectivity index (χ1v) is 7.15. The summed E-state index contributed by atoms with van der Waals surface area (Å²) in [5.74, 6) is 0.357. The van der Waals surface area contributed by atoms with E-state index in [1.165, 1.54) is 24.4 Å². The van der Waals surface area contributed by atoms with E-state index in [9.17, 15) is 14.3 Å². The Morgan fingerprint density at radius 3 is 2.88 bits per heavy atom. The van der Waals surface area contributed by atoms with E-state index in [4.69, 9.17) is 4.74 Å². The summed E-state index contributed by atoms with van der Waals surface area (Å²) in [4.78, 5) is 18.7. The van der Waals surface area contributed by atoms with Gasteiger partial charge in [0.25, 0.3) is 0 Å². The number of rotatable bonds is 4. The zero-order chi connectivity index (χ0) is 16.9. The summed E-state index contributed by atoms with van der Waals surface area (Å²) in [6.45, 7) is 0.143. The molecule has 3 rings (SSSR count). The second-order valence-corrected chi connectivity index (χ2v) is 5.02. The zero-order valence-electron chi connectivity index (χ0n) is 12.5. The number of H-pyrrole nitrogens is 1. The van der Waals surface area contributed by atoms with E-state index in [0.29, 0.717) is 17.0 Å². The Kier molecular flexibility index (Phi) is 4.42. The van der Waals surface area contributed by atoms with Gasteiger partial charge >= 0.3 is 6.09 Å². The smallest absolute Gasteiger partial charge is 0.414 e. The number of aromatic amines is 1. The third-order valence-corrected chi connectivity index (χ3v) is 3.20. The van der Waals surface area contributed by atoms with Crippen molar-refractivity contribution < 1.29 is 19.0 Å². The van der Waals surface area contributed by atoms with Crippen molar-refractivity contribution >= 4 is 6.09 Å². The number of amides is 1. The minimum Gasteiger partial charge on any atom is -0.508 e. The first-order valence-electron chi connectivity index (χ1n) is 7.15. The summed E-state index contributed by atoms with van der Waals surface area (Å²) in [6, 6.07) is 12.4. The number of aromatic nitrogens is 2. The fraction of sp³-hybridized carbons (Fsp3) is 0.0588. The van der Waals surface area contributed by atoms with E-state index in [0.717, 1.165) is 0 Å². The maximum Gasteiger partial charge on any atom is 0.414 e. The first kappa shape index (κ1) is 15.5. The Hall–Kier alpha value is -3.35. The molecule has 0 spiro atoms. The van der Waals surface area contributed by atoms with Crippen LogP contribution in [0.15, 0.2) is 54.7 Å². The van der Waals surface area contributed by atoms with Gasteiger partial charge < -0.3 is 20.1 Å². The fourth-order valence-corrected chi connectivity index (χ4v) is 2.11. The molecule has 3 aromatic rings. The lowest BCUT2D eigenvalue weighted by Crippen LogP contribution is -2.26. The summed E-state index contributed by atoms with van der Waals surface area (Å²) >= 11 is 0. The van der Waals surface area contributed by atoms with Gasteiger partial charge in [0.1, 0.15) is 17.4 Å². The maximum atomic E-state index is 13.1. The van der Waals surface area contributed by atoms with Gasteiger partial charge in [-0.25, -0.2) is 14.2 Å². The third-order valence-electron chi connectivity index (χ3n) is 3.20. The zero-order valence-corrected chi connectivity index (χ0v) is 12.5. The van der Waals surface area contributed by atoms with E-state index < -0.39 is 6.09 Å². The summed E-state index contributed by atoms with van der Waals surface area (Å²) in [5.41, 5.74) is 1.28. The molecule has 0 saturated heterocycles. The normalized spacial score (nSPS) is 10.4. The molecule has 0 bridgehead atoms. The number of phenolic OH excluding ortho intramolecular Hbond substituents is 1. The Morgan fingerprint density at radius 1 is 1.25 bits per heavy atom. The number of hydrogen-bond donors (Lipinski definition) is 3. The number of phenols is 1. The molecular formula is C17H14FN3O3. The van der Waals surface area contributed by atoms with Crippen molar-refractivity contribution in [2.45, 2.75) is 6.54 Å². The molecule has 0 aliphatic heterocycles. The molecule has 7 heteroatoms. The number of benzene rings is 2. The van der Waals surface area contributed by atoms with Gasteiger partial charge in [-0.15, -0.1) is 0 Å². The Bertz CT molecular complexity index is 864. The van der Waals surface area contributed by atoms with Gasteiger partial charge in [-0.1, -0.05) is 24.3 Å². The average molecular weight is 327 g/mol. The fourth-order valence-electron chi connectivity index (χ4n) is 2.11. The molecule has 0 aliphatic rings. The average Bonchev–Trinajstić information content (AvgIpc) is 3.01. The highest BCUT2D eigenvalue weighted by Crippen LogP contribution is 2.22. The van der Waals surface area contributed by atoms with Crippen molar-refractivity contribution in [1.29, 1.82) is 0 Å². The Balaban J connectivity index is 1.59. The van der Waals surface area contributed by atoms with Gasteiger partial charge in [-0.3, -0.25) is 0 Å². The molecule has 1 aromatic heterocycles. The predicted molar refractivity (Wildman–Crippen MR) is 85.0 cm³/mol. The molecule has 2 aromatic carbocycles. The molecule has 1 heterocycles. The van der Waals surface area contributed by atoms with E-state index in [1.54, 1.807) is 30.3 Å². The minimum atomic E-state index is -0.689. The van der Waals surface area contributed by atoms with Crippen molar-refractivity contribution in [3.05, 3.63) is 66.1 Å². The lowest BCUT2D eigenvalue weighted by atomic mass is 10.2. The molecule has 24 heavy (non-hydrogen) atoms. The highest BCUT2D eigenvalue weighted by Gasteiger charge is 2.09. The molecule has 0 radical (unpaired) electrons. The van der Waals surface area contributed by atoms with Crippen molar-refractivity contribution in [2.24, 2.45) is 0 Å². The van der Waals surface area contributed by atoms with Crippen molar-refractivity contribution in [3.63, 3.8) is 0 Å². The molecule has 6 nitrogen and oxygen atoms in total. The van der Waals surface area contributed by atoms with Crippen LogP contribution >= 0.6 is 0 Å². The number of carbonyl (C=O) groups excluding carboxylic acids is 1. The standard InChI is InChI=1S/C17H14FN3O3/c18-13-5-1-3-11(7-13)9-20-17(23)24-15-10-19-16(21-15)12-4-2-6-14(22)8-12/h1-8,10,22H,9H2,(H,19,21)(H,20,23). The molecule has 1 amide bonds. The van der Waals surface area contributed by atoms with Crippen LogP contribution in [0, 0.1) is 5.82 Å². The van der Waals surface area contributed by atoms with Crippen LogP contribution in [0.3, 0.4) is 0 Å². The van der Waals surface area contributed by atoms with Crippen LogP contribution in [0.4, 0.5) is 9.18 Å².